The van der Waals surface area contributed by atoms with Crippen LogP contribution in [0, 0.1) is 5.82 Å². The molecule has 2 aromatic rings. The summed E-state index contributed by atoms with van der Waals surface area (Å²) >= 11 is 5.98. The van der Waals surface area contributed by atoms with Crippen LogP contribution < -0.4 is 4.90 Å². The van der Waals surface area contributed by atoms with Gasteiger partial charge in [-0.2, -0.15) is 0 Å². The third-order valence-corrected chi connectivity index (χ3v) is 5.16. The number of carbonyl (C=O) groups is 1. The summed E-state index contributed by atoms with van der Waals surface area (Å²) in [6.07, 6.45) is 6.36. The number of carbonyl (C=O) groups excluding carboxylic acids is 1. The highest BCUT2D eigenvalue weighted by atomic mass is 35.5. The predicted molar refractivity (Wildman–Crippen MR) is 99.0 cm³/mol. The Morgan fingerprint density at radius 2 is 2.00 bits per heavy atom. The third-order valence-electron chi connectivity index (χ3n) is 4.85. The first kappa shape index (κ1) is 17.9. The number of anilines is 1. The minimum Gasteiger partial charge on any atom is -0.357 e. The van der Waals surface area contributed by atoms with Crippen LogP contribution in [0.3, 0.4) is 0 Å². The zero-order valence-electron chi connectivity index (χ0n) is 14.3. The van der Waals surface area contributed by atoms with Crippen molar-refractivity contribution < 1.29 is 9.18 Å². The van der Waals surface area contributed by atoms with Crippen molar-refractivity contribution in [3.63, 3.8) is 0 Å². The number of nitrogens with zero attached hydrogens (tertiary/aromatic N) is 2. The van der Waals surface area contributed by atoms with Crippen molar-refractivity contribution in [2.24, 2.45) is 0 Å². The summed E-state index contributed by atoms with van der Waals surface area (Å²) in [5.41, 5.74) is 1.03. The zero-order chi connectivity index (χ0) is 17.8. The van der Waals surface area contributed by atoms with Gasteiger partial charge in [0, 0.05) is 18.7 Å². The quantitative estimate of drug-likeness (QED) is 0.698. The summed E-state index contributed by atoms with van der Waals surface area (Å²) < 4.78 is 13.1. The van der Waals surface area contributed by atoms with Crippen molar-refractivity contribution in [3.8, 4) is 0 Å². The van der Waals surface area contributed by atoms with Crippen LogP contribution in [-0.2, 0) is 6.42 Å². The Bertz CT molecular complexity index is 759. The smallest absolute Gasteiger partial charge is 0.170 e. The van der Waals surface area contributed by atoms with E-state index in [-0.39, 0.29) is 17.2 Å². The van der Waals surface area contributed by atoms with Gasteiger partial charge in [-0.15, -0.1) is 0 Å². The SMILES string of the molecule is CN(c1cccc(CC(=O)c2ccc(F)cc2Cl)n1)C1CCCCC1. The van der Waals surface area contributed by atoms with Crippen molar-refractivity contribution in [2.75, 3.05) is 11.9 Å². The highest BCUT2D eigenvalue weighted by Gasteiger charge is 2.20. The number of benzene rings is 1. The van der Waals surface area contributed by atoms with Gasteiger partial charge in [-0.05, 0) is 43.2 Å². The van der Waals surface area contributed by atoms with Gasteiger partial charge in [0.2, 0.25) is 0 Å². The topological polar surface area (TPSA) is 33.2 Å². The molecule has 1 fully saturated rings. The standard InChI is InChI=1S/C20H22ClFN2O/c1-24(16-7-3-2-4-8-16)20-9-5-6-15(23-20)13-19(25)17-11-10-14(22)12-18(17)21/h5-6,9-12,16H,2-4,7-8,13H2,1H3. The molecule has 0 radical (unpaired) electrons. The van der Waals surface area contributed by atoms with E-state index < -0.39 is 5.82 Å². The van der Waals surface area contributed by atoms with Crippen molar-refractivity contribution in [3.05, 3.63) is 58.5 Å². The number of halogens is 2. The molecule has 0 saturated heterocycles. The lowest BCUT2D eigenvalue weighted by Gasteiger charge is -2.32. The second kappa shape index (κ2) is 7.96. The fourth-order valence-electron chi connectivity index (χ4n) is 3.39. The average Bonchev–Trinajstić information content (AvgIpc) is 2.62. The Hall–Kier alpha value is -1.94. The fraction of sp³-hybridized carbons (Fsp3) is 0.400. The zero-order valence-corrected chi connectivity index (χ0v) is 15.1. The van der Waals surface area contributed by atoms with Crippen LogP contribution in [0.15, 0.2) is 36.4 Å². The lowest BCUT2D eigenvalue weighted by molar-refractivity contribution is 0.0992. The average molecular weight is 361 g/mol. The minimum atomic E-state index is -0.448. The summed E-state index contributed by atoms with van der Waals surface area (Å²) in [7, 11) is 2.07. The third kappa shape index (κ3) is 4.37. The first-order chi connectivity index (χ1) is 12.0. The van der Waals surface area contributed by atoms with Gasteiger partial charge in [-0.3, -0.25) is 4.79 Å². The molecule has 0 bridgehead atoms. The number of pyridine rings is 1. The second-order valence-corrected chi connectivity index (χ2v) is 7.02. The first-order valence-electron chi connectivity index (χ1n) is 8.71. The van der Waals surface area contributed by atoms with Crippen LogP contribution in [0.25, 0.3) is 0 Å². The molecule has 3 rings (SSSR count). The molecule has 25 heavy (non-hydrogen) atoms. The van der Waals surface area contributed by atoms with E-state index in [9.17, 15) is 9.18 Å². The van der Waals surface area contributed by atoms with E-state index in [4.69, 9.17) is 11.6 Å². The Morgan fingerprint density at radius 1 is 1.24 bits per heavy atom. The van der Waals surface area contributed by atoms with Gasteiger partial charge in [0.05, 0.1) is 17.1 Å². The molecular weight excluding hydrogens is 339 g/mol. The Labute approximate surface area is 152 Å². The van der Waals surface area contributed by atoms with E-state index in [1.54, 1.807) is 0 Å². The van der Waals surface area contributed by atoms with Crippen molar-refractivity contribution >= 4 is 23.2 Å². The Kier molecular flexibility index (Phi) is 5.69. The van der Waals surface area contributed by atoms with E-state index >= 15 is 0 Å². The molecule has 5 heteroatoms. The molecule has 1 aromatic heterocycles. The fourth-order valence-corrected chi connectivity index (χ4v) is 3.67. The molecular formula is C20H22ClFN2O. The van der Waals surface area contributed by atoms with Crippen LogP contribution in [0.2, 0.25) is 5.02 Å². The Morgan fingerprint density at radius 3 is 2.72 bits per heavy atom. The van der Waals surface area contributed by atoms with Gasteiger partial charge in [0.25, 0.3) is 0 Å². The van der Waals surface area contributed by atoms with Crippen molar-refractivity contribution in [1.29, 1.82) is 0 Å². The number of Topliss-reactive ketones (excluding diaryl/α,β-unsaturated/α-hetero) is 1. The van der Waals surface area contributed by atoms with Gasteiger partial charge in [0.1, 0.15) is 11.6 Å². The second-order valence-electron chi connectivity index (χ2n) is 6.61. The molecule has 0 atom stereocenters. The maximum atomic E-state index is 13.1. The number of ketones is 1. The molecule has 1 aromatic carbocycles. The molecule has 0 spiro atoms. The van der Waals surface area contributed by atoms with Gasteiger partial charge >= 0.3 is 0 Å². The first-order valence-corrected chi connectivity index (χ1v) is 9.09. The largest absolute Gasteiger partial charge is 0.357 e. The summed E-state index contributed by atoms with van der Waals surface area (Å²) in [6.45, 7) is 0. The molecule has 0 aliphatic heterocycles. The summed E-state index contributed by atoms with van der Waals surface area (Å²) in [5.74, 6) is 0.285. The predicted octanol–water partition coefficient (Wildman–Crippen LogP) is 5.07. The highest BCUT2D eigenvalue weighted by Crippen LogP contribution is 2.25. The van der Waals surface area contributed by atoms with Crippen LogP contribution in [0.5, 0.6) is 0 Å². The number of hydrogen-bond donors (Lipinski definition) is 0. The van der Waals surface area contributed by atoms with Crippen molar-refractivity contribution in [1.82, 2.24) is 4.98 Å². The molecule has 0 unspecified atom stereocenters. The van der Waals surface area contributed by atoms with Gasteiger partial charge in [-0.25, -0.2) is 9.37 Å². The Balaban J connectivity index is 1.73. The summed E-state index contributed by atoms with van der Waals surface area (Å²) in [6, 6.07) is 10.1. The normalized spacial score (nSPS) is 15.2. The van der Waals surface area contributed by atoms with Crippen LogP contribution in [-0.4, -0.2) is 23.9 Å². The minimum absolute atomic E-state index is 0.139. The lowest BCUT2D eigenvalue weighted by atomic mass is 9.94. The molecule has 1 saturated carbocycles. The number of aromatic nitrogens is 1. The van der Waals surface area contributed by atoms with E-state index in [0.29, 0.717) is 17.3 Å². The molecule has 1 heterocycles. The lowest BCUT2D eigenvalue weighted by Crippen LogP contribution is -2.34. The molecule has 0 amide bonds. The van der Waals surface area contributed by atoms with E-state index in [1.807, 2.05) is 18.2 Å². The van der Waals surface area contributed by atoms with Crippen LogP contribution in [0.1, 0.15) is 48.2 Å². The van der Waals surface area contributed by atoms with E-state index in [0.717, 1.165) is 11.9 Å². The highest BCUT2D eigenvalue weighted by molar-refractivity contribution is 6.34. The van der Waals surface area contributed by atoms with Gasteiger partial charge in [-0.1, -0.05) is 36.9 Å². The number of hydrogen-bond acceptors (Lipinski definition) is 3. The molecule has 0 N–H and O–H groups in total. The number of rotatable bonds is 5. The van der Waals surface area contributed by atoms with E-state index in [1.165, 1.54) is 44.2 Å². The summed E-state index contributed by atoms with van der Waals surface area (Å²) in [4.78, 5) is 19.3. The summed E-state index contributed by atoms with van der Waals surface area (Å²) in [5, 5.41) is 0.139. The molecule has 1 aliphatic rings. The van der Waals surface area contributed by atoms with Crippen molar-refractivity contribution in [2.45, 2.75) is 44.6 Å². The molecule has 3 nitrogen and oxygen atoms in total. The maximum Gasteiger partial charge on any atom is 0.170 e. The van der Waals surface area contributed by atoms with Crippen LogP contribution >= 0.6 is 11.6 Å². The molecule has 1 aliphatic carbocycles. The maximum absolute atomic E-state index is 13.1. The monoisotopic (exact) mass is 360 g/mol. The van der Waals surface area contributed by atoms with Gasteiger partial charge in [0.15, 0.2) is 5.78 Å². The van der Waals surface area contributed by atoms with E-state index in [2.05, 4.69) is 16.9 Å². The molecule has 132 valence electrons. The van der Waals surface area contributed by atoms with Crippen LogP contribution in [0.4, 0.5) is 10.2 Å². The van der Waals surface area contributed by atoms with Gasteiger partial charge < -0.3 is 4.90 Å².